The summed E-state index contributed by atoms with van der Waals surface area (Å²) in [5.41, 5.74) is 15.1. The molecule has 1 spiro atoms. The maximum atomic E-state index is 2.77. The van der Waals surface area contributed by atoms with Gasteiger partial charge in [-0.15, -0.1) is 0 Å². The highest BCUT2D eigenvalue weighted by Crippen LogP contribution is 2.65. The molecule has 0 bridgehead atoms. The quantitative estimate of drug-likeness (QED) is 0.178. The van der Waals surface area contributed by atoms with Crippen molar-refractivity contribution in [2.45, 2.75) is 78.1 Å². The first kappa shape index (κ1) is 27.6. The minimum absolute atomic E-state index is 0.163. The summed E-state index contributed by atoms with van der Waals surface area (Å²) in [5.74, 6) is 1.42. The minimum Gasteiger partial charge on any atom is -0.0657 e. The van der Waals surface area contributed by atoms with Gasteiger partial charge in [0.2, 0.25) is 0 Å². The summed E-state index contributed by atoms with van der Waals surface area (Å²) in [5, 5.41) is 5.72. The van der Waals surface area contributed by atoms with Crippen LogP contribution in [0.3, 0.4) is 0 Å². The van der Waals surface area contributed by atoms with E-state index in [1.807, 2.05) is 0 Å². The van der Waals surface area contributed by atoms with Gasteiger partial charge in [-0.1, -0.05) is 130 Å². The van der Waals surface area contributed by atoms with Crippen molar-refractivity contribution >= 4 is 21.5 Å². The van der Waals surface area contributed by atoms with Gasteiger partial charge in [0.05, 0.1) is 0 Å². The Kier molecular flexibility index (Phi) is 6.49. The molecule has 0 aromatic heterocycles. The Balaban J connectivity index is 1.57. The minimum atomic E-state index is -0.163. The summed E-state index contributed by atoms with van der Waals surface area (Å²) in [4.78, 5) is 0. The van der Waals surface area contributed by atoms with Crippen LogP contribution in [0, 0.1) is 18.8 Å². The molecule has 0 saturated carbocycles. The maximum Gasteiger partial charge on any atom is 0.0443 e. The van der Waals surface area contributed by atoms with Crippen molar-refractivity contribution in [2.24, 2.45) is 11.8 Å². The van der Waals surface area contributed by atoms with Crippen LogP contribution in [0.2, 0.25) is 0 Å². The van der Waals surface area contributed by atoms with E-state index in [4.69, 9.17) is 0 Å². The van der Waals surface area contributed by atoms with Crippen molar-refractivity contribution < 1.29 is 0 Å². The van der Waals surface area contributed by atoms with E-state index in [2.05, 4.69) is 132 Å². The molecule has 0 fully saturated rings. The SMILES string of the molecule is CCC(CC)C1=CC2(CC(C(CC)CC)=C1)c1ccc3cccc4c3c1-c1c(c(C)c3ccccc3c12)C4c1ccccc1. The van der Waals surface area contributed by atoms with Crippen LogP contribution in [0.25, 0.3) is 32.7 Å². The molecule has 0 amide bonds. The predicted molar refractivity (Wildman–Crippen MR) is 189 cm³/mol. The van der Waals surface area contributed by atoms with Crippen LogP contribution < -0.4 is 0 Å². The molecule has 3 aliphatic rings. The molecule has 2 unspecified atom stereocenters. The number of hydrogen-bond donors (Lipinski definition) is 0. The van der Waals surface area contributed by atoms with E-state index in [-0.39, 0.29) is 11.3 Å². The molecule has 3 aliphatic carbocycles. The van der Waals surface area contributed by atoms with Crippen molar-refractivity contribution in [1.29, 1.82) is 0 Å². The van der Waals surface area contributed by atoms with Gasteiger partial charge in [0.1, 0.15) is 0 Å². The van der Waals surface area contributed by atoms with E-state index in [1.165, 1.54) is 80.6 Å². The lowest BCUT2D eigenvalue weighted by Gasteiger charge is -2.39. The van der Waals surface area contributed by atoms with Crippen molar-refractivity contribution in [3.63, 3.8) is 0 Å². The fraction of sp³-hybridized carbons (Fsp3) is 0.318. The van der Waals surface area contributed by atoms with Gasteiger partial charge in [0.15, 0.2) is 0 Å². The monoisotopic (exact) mass is 572 g/mol. The average molecular weight is 573 g/mol. The Morgan fingerprint density at radius 2 is 1.41 bits per heavy atom. The summed E-state index contributed by atoms with van der Waals surface area (Å²) in [6, 6.07) is 32.6. The molecule has 220 valence electrons. The van der Waals surface area contributed by atoms with Crippen molar-refractivity contribution in [2.75, 3.05) is 0 Å². The zero-order chi connectivity index (χ0) is 30.2. The molecule has 0 N–H and O–H groups in total. The predicted octanol–water partition coefficient (Wildman–Crippen LogP) is 12.2. The molecule has 0 heterocycles. The maximum absolute atomic E-state index is 2.77. The van der Waals surface area contributed by atoms with Gasteiger partial charge < -0.3 is 0 Å². The normalized spacial score (nSPS) is 19.8. The summed E-state index contributed by atoms with van der Waals surface area (Å²) in [6.07, 6.45) is 11.3. The molecule has 0 heteroatoms. The van der Waals surface area contributed by atoms with Gasteiger partial charge in [-0.05, 0) is 122 Å². The van der Waals surface area contributed by atoms with Gasteiger partial charge in [0.25, 0.3) is 0 Å². The summed E-state index contributed by atoms with van der Waals surface area (Å²) in [7, 11) is 0. The van der Waals surface area contributed by atoms with Crippen LogP contribution in [0.15, 0.2) is 108 Å². The van der Waals surface area contributed by atoms with Crippen molar-refractivity contribution in [3.05, 3.63) is 142 Å². The first-order valence-corrected chi connectivity index (χ1v) is 17.2. The third kappa shape index (κ3) is 3.64. The second-order valence-corrected chi connectivity index (χ2v) is 13.6. The Bertz CT molecular complexity index is 1990. The zero-order valence-electron chi connectivity index (χ0n) is 27.0. The Morgan fingerprint density at radius 3 is 2.14 bits per heavy atom. The van der Waals surface area contributed by atoms with Crippen LogP contribution >= 0.6 is 0 Å². The molecular formula is C44H44. The second-order valence-electron chi connectivity index (χ2n) is 13.6. The highest BCUT2D eigenvalue weighted by atomic mass is 14.5. The number of allylic oxidation sites excluding steroid dienone is 4. The van der Waals surface area contributed by atoms with Gasteiger partial charge in [-0.2, -0.15) is 0 Å². The number of hydrogen-bond acceptors (Lipinski definition) is 0. The highest BCUT2D eigenvalue weighted by molar-refractivity contribution is 6.13. The van der Waals surface area contributed by atoms with E-state index in [0.717, 1.165) is 6.42 Å². The van der Waals surface area contributed by atoms with Gasteiger partial charge >= 0.3 is 0 Å². The number of aryl methyl sites for hydroxylation is 1. The largest absolute Gasteiger partial charge is 0.0657 e. The van der Waals surface area contributed by atoms with Gasteiger partial charge in [0, 0.05) is 11.3 Å². The third-order valence-corrected chi connectivity index (χ3v) is 11.7. The molecule has 44 heavy (non-hydrogen) atoms. The number of rotatable bonds is 7. The fourth-order valence-corrected chi connectivity index (χ4v) is 9.64. The van der Waals surface area contributed by atoms with Crippen LogP contribution in [0.1, 0.15) is 99.1 Å². The second kappa shape index (κ2) is 10.3. The van der Waals surface area contributed by atoms with Crippen molar-refractivity contribution in [1.82, 2.24) is 0 Å². The van der Waals surface area contributed by atoms with Crippen LogP contribution in [0.4, 0.5) is 0 Å². The summed E-state index contributed by atoms with van der Waals surface area (Å²) >= 11 is 0. The van der Waals surface area contributed by atoms with E-state index < -0.39 is 0 Å². The van der Waals surface area contributed by atoms with Crippen LogP contribution in [-0.2, 0) is 5.41 Å². The molecule has 0 saturated heterocycles. The standard InChI is InChI=1S/C44H44/c1-6-28(7-2)32-24-33(29(8-3)9-4)26-44(25-32)37-23-22-31-18-15-21-36-39(30-16-11-10-12-17-30)38-27(5)34-19-13-14-20-35(34)43(44)42(38)41(37)40(31)36/h10-25,28-29,39H,6-9,26H2,1-5H3. The van der Waals surface area contributed by atoms with Gasteiger partial charge in [-0.3, -0.25) is 0 Å². The molecule has 0 aliphatic heterocycles. The zero-order valence-corrected chi connectivity index (χ0v) is 27.0. The fourth-order valence-electron chi connectivity index (χ4n) is 9.64. The molecule has 5 aromatic carbocycles. The Labute approximate surface area is 263 Å². The summed E-state index contributed by atoms with van der Waals surface area (Å²) in [6.45, 7) is 11.9. The molecule has 8 rings (SSSR count). The highest BCUT2D eigenvalue weighted by Gasteiger charge is 2.50. The number of benzene rings is 5. The Hall–Kier alpha value is -3.90. The lowest BCUT2D eigenvalue weighted by atomic mass is 9.64. The topological polar surface area (TPSA) is 0 Å². The number of fused-ring (bicyclic) bond motifs is 4. The molecule has 0 radical (unpaired) electrons. The van der Waals surface area contributed by atoms with E-state index in [0.29, 0.717) is 11.8 Å². The first-order chi connectivity index (χ1) is 21.6. The van der Waals surface area contributed by atoms with Crippen molar-refractivity contribution in [3.8, 4) is 11.1 Å². The molecule has 5 aromatic rings. The molecule has 0 nitrogen and oxygen atoms in total. The van der Waals surface area contributed by atoms with E-state index >= 15 is 0 Å². The van der Waals surface area contributed by atoms with Gasteiger partial charge in [-0.25, -0.2) is 0 Å². The van der Waals surface area contributed by atoms with E-state index in [9.17, 15) is 0 Å². The summed E-state index contributed by atoms with van der Waals surface area (Å²) < 4.78 is 0. The lowest BCUT2D eigenvalue weighted by Crippen LogP contribution is -2.29. The average Bonchev–Trinajstić information content (AvgIpc) is 3.33. The Morgan fingerprint density at radius 1 is 0.705 bits per heavy atom. The smallest absolute Gasteiger partial charge is 0.0443 e. The lowest BCUT2D eigenvalue weighted by molar-refractivity contribution is 0.491. The van der Waals surface area contributed by atoms with Crippen LogP contribution in [0.5, 0.6) is 0 Å². The molecular weight excluding hydrogens is 528 g/mol. The van der Waals surface area contributed by atoms with E-state index in [1.54, 1.807) is 22.3 Å². The molecule has 2 atom stereocenters. The third-order valence-electron chi connectivity index (χ3n) is 11.7. The van der Waals surface area contributed by atoms with Crippen LogP contribution in [-0.4, -0.2) is 0 Å². The first-order valence-electron chi connectivity index (χ1n) is 17.2.